The summed E-state index contributed by atoms with van der Waals surface area (Å²) in [6.45, 7) is -0.701. The highest BCUT2D eigenvalue weighted by Gasteiger charge is 2.64. The summed E-state index contributed by atoms with van der Waals surface area (Å²) in [7, 11) is 0. The zero-order valence-electron chi connectivity index (χ0n) is 76.6. The lowest BCUT2D eigenvalue weighted by Gasteiger charge is -2.53. The van der Waals surface area contributed by atoms with Gasteiger partial charge in [0.15, 0.2) is 25.2 Å². The summed E-state index contributed by atoms with van der Waals surface area (Å²) in [5, 5.41) is 246. The molecule has 0 aromatic carbocycles. The molecule has 24 N–H and O–H groups in total. The molecule has 0 radical (unpaired) electrons. The van der Waals surface area contributed by atoms with Crippen LogP contribution in [0.5, 0.6) is 0 Å². The number of Topliss-reactive ketones (excluding diaryl/α,β-unsaturated/α-hetero) is 1. The molecule has 6 heterocycles. The van der Waals surface area contributed by atoms with Crippen molar-refractivity contribution >= 4 is 35.4 Å². The van der Waals surface area contributed by atoms with Crippen molar-refractivity contribution in [3.63, 3.8) is 0 Å². The van der Waals surface area contributed by atoms with Crippen LogP contribution < -0.4 is 16.0 Å². The Hall–Kier alpha value is -4.48. The van der Waals surface area contributed by atoms with Crippen molar-refractivity contribution in [2.75, 3.05) is 46.2 Å². The van der Waals surface area contributed by atoms with E-state index in [9.17, 15) is 136 Å². The number of aliphatic hydroxyl groups is 19. The number of unbranched alkanes of at least 4 members (excludes halogenated alkanes) is 27. The van der Waals surface area contributed by atoms with Crippen LogP contribution in [0.3, 0.4) is 0 Å². The van der Waals surface area contributed by atoms with Crippen molar-refractivity contribution in [1.82, 2.24) is 16.0 Å². The van der Waals surface area contributed by atoms with Gasteiger partial charge in [-0.3, -0.25) is 14.4 Å². The highest BCUT2D eigenvalue weighted by atomic mass is 16.8. The highest BCUT2D eigenvalue weighted by Crippen LogP contribution is 2.44. The predicted molar refractivity (Wildman–Crippen MR) is 459 cm³/mol. The number of rotatable bonds is 64. The van der Waals surface area contributed by atoms with Crippen molar-refractivity contribution in [3.8, 4) is 0 Å². The van der Waals surface area contributed by atoms with E-state index in [2.05, 4.69) is 41.9 Å². The molecular formula is C89H157N3O39. The fraction of sp³-hybridized carbons (Fsp3) is 0.910. The normalized spacial score (nSPS) is 34.4. The first-order chi connectivity index (χ1) is 62.6. The van der Waals surface area contributed by atoms with Crippen LogP contribution in [0, 0.1) is 5.92 Å². The van der Waals surface area contributed by atoms with Crippen LogP contribution in [0.25, 0.3) is 0 Å². The van der Waals surface area contributed by atoms with Crippen LogP contribution in [0.2, 0.25) is 0 Å². The van der Waals surface area contributed by atoms with E-state index in [4.69, 9.17) is 56.8 Å². The second-order valence-corrected chi connectivity index (χ2v) is 36.0. The standard InChI is InChI=1S/C89H157N3O39/c1-6-8-10-12-14-16-18-20-21-22-23-24-25-27-29-31-33-35-37-39-64(106)92-54(55(102)38-36-34-32-30-28-26-19-17-15-13-11-9-7-2)49-120-83-74(114)72(112)77(62(47-97)123-83)126-85-75(115)81(78(63(48-98)124-85)127-82-53(40-50(3)99)76(69(109)60(45-95)121-82)125-84-73(113)71(111)68(108)59(44-94)122-84)131-89(87(118)119)42-57(104)66(91-52(5)101)80(130-89)70(110)61(46-96)128-88(86(116)117)41-56(103)65(90-51(4)100)79(129-88)67(107)58(105)43-93/h20-21,53-63,65-85,93-98,102-105,107-115H,6-19,22-49H2,1-5H3,(H,90,100)(H,91,101)(H,92,106)(H,116,117)(H,118,119)/t53-,54+,55-,56+,57+,58-,59-,60-,61-,62-,63-,65-,66-,67-,68+,69+,70-,71+,72-,73-,74-,75-,76-,77-,78+,79?,80?,81-,82+,83-,84+,85+,88-,89+/m1/s1. The minimum atomic E-state index is -3.67. The molecule has 42 heteroatoms. The van der Waals surface area contributed by atoms with E-state index in [1.54, 1.807) is 0 Å². The molecule has 0 saturated carbocycles. The van der Waals surface area contributed by atoms with E-state index in [0.717, 1.165) is 124 Å². The van der Waals surface area contributed by atoms with Crippen LogP contribution >= 0.6 is 0 Å². The molecule has 0 spiro atoms. The Kier molecular flexibility index (Phi) is 52.5. The molecule has 0 aromatic rings. The number of carboxylic acid groups (broad SMARTS) is 2. The number of nitrogens with one attached hydrogen (secondary N) is 3. The second kappa shape index (κ2) is 59.7. The summed E-state index contributed by atoms with van der Waals surface area (Å²) in [6.07, 6.45) is -27.2. The maximum Gasteiger partial charge on any atom is 0.364 e. The van der Waals surface area contributed by atoms with E-state index in [1.807, 2.05) is 0 Å². The molecule has 42 nitrogen and oxygen atoms in total. The molecule has 2 unspecified atom stereocenters. The molecule has 131 heavy (non-hydrogen) atoms. The molecule has 6 saturated heterocycles. The van der Waals surface area contributed by atoms with Crippen molar-refractivity contribution in [1.29, 1.82) is 0 Å². The van der Waals surface area contributed by atoms with E-state index in [-0.39, 0.29) is 12.8 Å². The summed E-state index contributed by atoms with van der Waals surface area (Å²) in [5.74, 6) is -16.5. The van der Waals surface area contributed by atoms with Gasteiger partial charge in [0.2, 0.25) is 17.7 Å². The van der Waals surface area contributed by atoms with Gasteiger partial charge in [-0.25, -0.2) is 9.59 Å². The number of amides is 3. The number of aliphatic hydroxyl groups excluding tert-OH is 19. The Balaban J connectivity index is 1.30. The van der Waals surface area contributed by atoms with Crippen LogP contribution in [-0.4, -0.2) is 390 Å². The smallest absolute Gasteiger partial charge is 0.364 e. The lowest BCUT2D eigenvalue weighted by atomic mass is 9.86. The number of aliphatic carboxylic acids is 2. The number of carbonyl (C=O) groups excluding carboxylic acids is 4. The van der Waals surface area contributed by atoms with Crippen LogP contribution in [0.1, 0.15) is 259 Å². The summed E-state index contributed by atoms with van der Waals surface area (Å²) >= 11 is 0. The van der Waals surface area contributed by atoms with Gasteiger partial charge in [-0.05, 0) is 45.4 Å². The molecule has 6 aliphatic rings. The van der Waals surface area contributed by atoms with Gasteiger partial charge < -0.3 is 185 Å². The molecule has 762 valence electrons. The molecule has 6 aliphatic heterocycles. The molecule has 3 amide bonds. The van der Waals surface area contributed by atoms with E-state index >= 15 is 0 Å². The lowest BCUT2D eigenvalue weighted by molar-refractivity contribution is -0.407. The van der Waals surface area contributed by atoms with Gasteiger partial charge in [-0.2, -0.15) is 0 Å². The van der Waals surface area contributed by atoms with Gasteiger partial charge in [0.25, 0.3) is 11.6 Å². The number of carboxylic acids is 2. The highest BCUT2D eigenvalue weighted by molar-refractivity contribution is 5.78. The summed E-state index contributed by atoms with van der Waals surface area (Å²) < 4.78 is 72.7. The van der Waals surface area contributed by atoms with Gasteiger partial charge in [-0.15, -0.1) is 0 Å². The van der Waals surface area contributed by atoms with E-state index < -0.39 is 308 Å². The third-order valence-electron chi connectivity index (χ3n) is 25.4. The van der Waals surface area contributed by atoms with Gasteiger partial charge in [0, 0.05) is 45.4 Å². The molecule has 0 bridgehead atoms. The minimum Gasteiger partial charge on any atom is -0.477 e. The summed E-state index contributed by atoms with van der Waals surface area (Å²) in [4.78, 5) is 80.6. The monoisotopic (exact) mass is 1890 g/mol. The molecular weight excluding hydrogens is 1730 g/mol. The first-order valence-electron chi connectivity index (χ1n) is 47.4. The zero-order valence-corrected chi connectivity index (χ0v) is 76.6. The predicted octanol–water partition coefficient (Wildman–Crippen LogP) is -1.22. The Bertz CT molecular complexity index is 3270. The minimum absolute atomic E-state index is 0.107. The van der Waals surface area contributed by atoms with Crippen molar-refractivity contribution < 1.29 is 193 Å². The van der Waals surface area contributed by atoms with E-state index in [0.29, 0.717) is 12.8 Å². The third kappa shape index (κ3) is 34.8. The Morgan fingerprint density at radius 2 is 0.847 bits per heavy atom. The van der Waals surface area contributed by atoms with Gasteiger partial charge in [-0.1, -0.05) is 187 Å². The molecule has 0 aliphatic carbocycles. The maximum absolute atomic E-state index is 14.4. The Morgan fingerprint density at radius 3 is 1.34 bits per heavy atom. The lowest BCUT2D eigenvalue weighted by Crippen LogP contribution is -2.72. The fourth-order valence-corrected chi connectivity index (χ4v) is 17.9. The average Bonchev–Trinajstić information content (AvgIpc) is 0.730. The van der Waals surface area contributed by atoms with Gasteiger partial charge in [0.05, 0.1) is 88.8 Å². The Morgan fingerprint density at radius 1 is 0.427 bits per heavy atom. The van der Waals surface area contributed by atoms with Crippen LogP contribution in [0.15, 0.2) is 12.2 Å². The van der Waals surface area contributed by atoms with Gasteiger partial charge >= 0.3 is 11.9 Å². The van der Waals surface area contributed by atoms with E-state index in [1.165, 1.54) is 77.0 Å². The number of hydrogen-bond donors (Lipinski definition) is 24. The largest absolute Gasteiger partial charge is 0.477 e. The van der Waals surface area contributed by atoms with Crippen molar-refractivity contribution in [2.45, 2.75) is 461 Å². The van der Waals surface area contributed by atoms with Crippen LogP contribution in [-0.2, 0) is 85.6 Å². The number of ketones is 1. The Labute approximate surface area is 766 Å². The quantitative estimate of drug-likeness (QED) is 0.0251. The number of allylic oxidation sites excluding steroid dienone is 2. The third-order valence-corrected chi connectivity index (χ3v) is 25.4. The van der Waals surface area contributed by atoms with Crippen molar-refractivity contribution in [3.05, 3.63) is 12.2 Å². The maximum atomic E-state index is 14.4. The molecule has 6 fully saturated rings. The number of carbonyl (C=O) groups is 6. The first-order valence-corrected chi connectivity index (χ1v) is 47.4. The van der Waals surface area contributed by atoms with Crippen molar-refractivity contribution in [2.24, 2.45) is 5.92 Å². The van der Waals surface area contributed by atoms with Gasteiger partial charge in [0.1, 0.15) is 128 Å². The SMILES string of the molecule is CCCCCCCCC=CCCCCCCCCCCCC(=O)N[C@@H](CO[C@@H]1O[C@H](CO)[C@@H](O[C@@H]2O[C@H](CO)[C@H](O[C@@H]3O[C@H](CO)[C@H](O)[C@H](O[C@@H]4O[C@H](CO)[C@H](O)[C@H](O)[C@H]4O)[C@H]3CC(C)=O)[C@H](O[C@]3(C(=O)O)C[C@H](O)[C@@H](NC(C)=O)C([C@H](O)[C@@H](CO)O[C@]4(C(=O)O)C[C@H](O)[C@@H](NC(C)=O)C([C@H](O)[C@H](O)CO)O4)O3)[C@H]2O)[C@H](O)[C@H]1O)[C@H](O)CCCCCCCCCCCCCCC. The second-order valence-electron chi connectivity index (χ2n) is 36.0. The number of ether oxygens (including phenoxy) is 12. The molecule has 34 atom stereocenters. The van der Waals surface area contributed by atoms with Crippen LogP contribution in [0.4, 0.5) is 0 Å². The average molecular weight is 1890 g/mol. The first kappa shape index (κ1) is 115. The summed E-state index contributed by atoms with van der Waals surface area (Å²) in [5.41, 5.74) is 0. The molecule has 0 aromatic heterocycles. The molecule has 6 rings (SSSR count). The fourth-order valence-electron chi connectivity index (χ4n) is 17.9. The zero-order chi connectivity index (χ0) is 96.7. The summed E-state index contributed by atoms with van der Waals surface area (Å²) in [6, 6.07) is -5.01. The topological polar surface area (TPSA) is 674 Å². The number of hydrogen-bond acceptors (Lipinski definition) is 37.